The third-order valence-electron chi connectivity index (χ3n) is 5.68. The summed E-state index contributed by atoms with van der Waals surface area (Å²) >= 11 is 0. The van der Waals surface area contributed by atoms with Gasteiger partial charge in [-0.3, -0.25) is 0 Å². The lowest BCUT2D eigenvalue weighted by Gasteiger charge is -2.27. The summed E-state index contributed by atoms with van der Waals surface area (Å²) < 4.78 is 21.6. The standard InChI is InChI=1S/C29H36O8/c1-19(2)27(32)36-25(15-30)17-34-23-11-7-21(8-12-23)29(5,6)22-9-13-24(14-10-22)35-18-26(16-31)37-28(33)20(3)4/h7-14,25-26,30-31H,1,3,15-18H2,2,4-6H3. The average Bonchev–Trinajstić information content (AvgIpc) is 2.88. The van der Waals surface area contributed by atoms with Crippen LogP contribution in [0.1, 0.15) is 38.8 Å². The zero-order chi connectivity index (χ0) is 27.6. The van der Waals surface area contributed by atoms with Gasteiger partial charge in [0.2, 0.25) is 0 Å². The molecular weight excluding hydrogens is 476 g/mol. The molecule has 2 aromatic rings. The zero-order valence-corrected chi connectivity index (χ0v) is 21.9. The fourth-order valence-electron chi connectivity index (χ4n) is 3.23. The number of ether oxygens (including phenoxy) is 4. The topological polar surface area (TPSA) is 112 Å². The third kappa shape index (κ3) is 8.77. The second-order valence-electron chi connectivity index (χ2n) is 9.28. The van der Waals surface area contributed by atoms with E-state index in [1.165, 1.54) is 13.8 Å². The highest BCUT2D eigenvalue weighted by atomic mass is 16.6. The number of benzene rings is 2. The molecule has 0 saturated carbocycles. The van der Waals surface area contributed by atoms with Crippen LogP contribution in [0.5, 0.6) is 11.5 Å². The molecule has 8 nitrogen and oxygen atoms in total. The summed E-state index contributed by atoms with van der Waals surface area (Å²) in [6.45, 7) is 13.6. The molecule has 2 atom stereocenters. The predicted molar refractivity (Wildman–Crippen MR) is 140 cm³/mol. The molecule has 0 aliphatic rings. The molecule has 37 heavy (non-hydrogen) atoms. The van der Waals surface area contributed by atoms with Crippen molar-refractivity contribution < 1.29 is 38.7 Å². The Hall–Kier alpha value is -3.62. The molecule has 2 N–H and O–H groups in total. The van der Waals surface area contributed by atoms with Gasteiger partial charge in [0.1, 0.15) is 24.7 Å². The first-order valence-corrected chi connectivity index (χ1v) is 11.9. The maximum Gasteiger partial charge on any atom is 0.333 e. The Balaban J connectivity index is 1.98. The van der Waals surface area contributed by atoms with Gasteiger partial charge >= 0.3 is 11.9 Å². The smallest absolute Gasteiger partial charge is 0.333 e. The van der Waals surface area contributed by atoms with Crippen LogP contribution >= 0.6 is 0 Å². The summed E-state index contributed by atoms with van der Waals surface area (Å²) in [5, 5.41) is 18.9. The van der Waals surface area contributed by atoms with Crippen LogP contribution < -0.4 is 9.47 Å². The fraction of sp³-hybridized carbons (Fsp3) is 0.379. The van der Waals surface area contributed by atoms with Gasteiger partial charge in [-0.15, -0.1) is 0 Å². The highest BCUT2D eigenvalue weighted by Gasteiger charge is 2.24. The molecule has 0 spiro atoms. The molecule has 0 aliphatic carbocycles. The van der Waals surface area contributed by atoms with Gasteiger partial charge in [0.05, 0.1) is 13.2 Å². The summed E-state index contributed by atoms with van der Waals surface area (Å²) in [6, 6.07) is 15.1. The molecule has 8 heteroatoms. The molecule has 0 radical (unpaired) electrons. The van der Waals surface area contributed by atoms with Crippen LogP contribution in [0.2, 0.25) is 0 Å². The summed E-state index contributed by atoms with van der Waals surface area (Å²) in [4.78, 5) is 23.3. The van der Waals surface area contributed by atoms with E-state index in [1.807, 2.05) is 48.5 Å². The monoisotopic (exact) mass is 512 g/mol. The van der Waals surface area contributed by atoms with E-state index in [0.29, 0.717) is 11.5 Å². The van der Waals surface area contributed by atoms with Gasteiger partial charge in [0.25, 0.3) is 0 Å². The Kier molecular flexibility index (Phi) is 10.9. The van der Waals surface area contributed by atoms with E-state index >= 15 is 0 Å². The lowest BCUT2D eigenvalue weighted by molar-refractivity contribution is -0.148. The molecule has 0 amide bonds. The summed E-state index contributed by atoms with van der Waals surface area (Å²) in [7, 11) is 0. The number of carbonyl (C=O) groups excluding carboxylic acids is 2. The lowest BCUT2D eigenvalue weighted by Crippen LogP contribution is -2.28. The Labute approximate surface area is 218 Å². The third-order valence-corrected chi connectivity index (χ3v) is 5.68. The van der Waals surface area contributed by atoms with Crippen LogP contribution in [0.25, 0.3) is 0 Å². The molecule has 2 unspecified atom stereocenters. The van der Waals surface area contributed by atoms with Gasteiger partial charge in [-0.25, -0.2) is 9.59 Å². The van der Waals surface area contributed by atoms with Crippen molar-refractivity contribution in [2.45, 2.75) is 45.3 Å². The van der Waals surface area contributed by atoms with Crippen molar-refractivity contribution in [1.29, 1.82) is 0 Å². The summed E-state index contributed by atoms with van der Waals surface area (Å²) in [6.07, 6.45) is -1.57. The largest absolute Gasteiger partial charge is 0.490 e. The molecule has 2 rings (SSSR count). The molecular formula is C29H36O8. The van der Waals surface area contributed by atoms with Crippen molar-refractivity contribution in [3.05, 3.63) is 84.0 Å². The number of carbonyl (C=O) groups is 2. The summed E-state index contributed by atoms with van der Waals surface area (Å²) in [5.74, 6) is 0.0176. The maximum absolute atomic E-state index is 11.6. The van der Waals surface area contributed by atoms with Crippen molar-refractivity contribution in [2.75, 3.05) is 26.4 Å². The fourth-order valence-corrected chi connectivity index (χ4v) is 3.23. The van der Waals surface area contributed by atoms with E-state index in [0.717, 1.165) is 11.1 Å². The second-order valence-corrected chi connectivity index (χ2v) is 9.28. The van der Waals surface area contributed by atoms with Crippen LogP contribution in [-0.2, 0) is 24.5 Å². The molecule has 0 heterocycles. The van der Waals surface area contributed by atoms with Gasteiger partial charge < -0.3 is 29.2 Å². The van der Waals surface area contributed by atoms with Crippen LogP contribution in [0, 0.1) is 0 Å². The van der Waals surface area contributed by atoms with E-state index < -0.39 is 24.1 Å². The first-order chi connectivity index (χ1) is 17.5. The minimum absolute atomic E-state index is 0.0171. The van der Waals surface area contributed by atoms with Crippen LogP contribution in [0.15, 0.2) is 72.8 Å². The highest BCUT2D eigenvalue weighted by molar-refractivity contribution is 5.87. The van der Waals surface area contributed by atoms with E-state index in [9.17, 15) is 19.8 Å². The van der Waals surface area contributed by atoms with Gasteiger partial charge in [0.15, 0.2) is 12.2 Å². The Morgan fingerprint density at radius 2 is 1.05 bits per heavy atom. The Bertz CT molecular complexity index is 985. The Morgan fingerprint density at radius 3 is 1.32 bits per heavy atom. The van der Waals surface area contributed by atoms with Crippen molar-refractivity contribution >= 4 is 11.9 Å². The van der Waals surface area contributed by atoms with E-state index in [2.05, 4.69) is 27.0 Å². The molecule has 0 fully saturated rings. The first-order valence-electron chi connectivity index (χ1n) is 11.9. The molecule has 2 aromatic carbocycles. The number of rotatable bonds is 14. The maximum atomic E-state index is 11.6. The minimum Gasteiger partial charge on any atom is -0.490 e. The molecule has 0 bridgehead atoms. The van der Waals surface area contributed by atoms with Crippen LogP contribution in [0.4, 0.5) is 0 Å². The van der Waals surface area contributed by atoms with E-state index in [-0.39, 0.29) is 43.0 Å². The van der Waals surface area contributed by atoms with Crippen molar-refractivity contribution in [2.24, 2.45) is 0 Å². The number of aliphatic hydroxyl groups excluding tert-OH is 2. The van der Waals surface area contributed by atoms with E-state index in [1.54, 1.807) is 0 Å². The number of esters is 2. The van der Waals surface area contributed by atoms with Crippen LogP contribution in [0.3, 0.4) is 0 Å². The molecule has 200 valence electrons. The van der Waals surface area contributed by atoms with Gasteiger partial charge in [-0.1, -0.05) is 51.3 Å². The van der Waals surface area contributed by atoms with Crippen LogP contribution in [-0.4, -0.2) is 60.8 Å². The van der Waals surface area contributed by atoms with Crippen molar-refractivity contribution in [1.82, 2.24) is 0 Å². The van der Waals surface area contributed by atoms with E-state index in [4.69, 9.17) is 18.9 Å². The zero-order valence-electron chi connectivity index (χ0n) is 21.9. The number of hydrogen-bond acceptors (Lipinski definition) is 8. The Morgan fingerprint density at radius 1 is 0.730 bits per heavy atom. The van der Waals surface area contributed by atoms with Gasteiger partial charge in [-0.05, 0) is 49.2 Å². The first kappa shape index (κ1) is 29.6. The predicted octanol–water partition coefficient (Wildman–Crippen LogP) is 3.73. The highest BCUT2D eigenvalue weighted by Crippen LogP contribution is 2.33. The molecule has 0 aromatic heterocycles. The summed E-state index contributed by atoms with van der Waals surface area (Å²) in [5.41, 5.74) is 2.28. The van der Waals surface area contributed by atoms with Crippen molar-refractivity contribution in [3.63, 3.8) is 0 Å². The minimum atomic E-state index is -0.785. The number of aliphatic hydroxyl groups is 2. The lowest BCUT2D eigenvalue weighted by atomic mass is 9.78. The quantitative estimate of drug-likeness (QED) is 0.291. The van der Waals surface area contributed by atoms with Gasteiger partial charge in [-0.2, -0.15) is 0 Å². The SMILES string of the molecule is C=C(C)C(=O)OC(CO)COc1ccc(C(C)(C)c2ccc(OCC(CO)OC(=O)C(=C)C)cc2)cc1. The average molecular weight is 513 g/mol. The van der Waals surface area contributed by atoms with Crippen molar-refractivity contribution in [3.8, 4) is 11.5 Å². The molecule has 0 saturated heterocycles. The molecule has 0 aliphatic heterocycles. The normalized spacial score (nSPS) is 12.7. The van der Waals surface area contributed by atoms with Gasteiger partial charge in [0, 0.05) is 16.6 Å². The second kappa shape index (κ2) is 13.6. The number of hydrogen-bond donors (Lipinski definition) is 2.